The third kappa shape index (κ3) is 3.54. The molecule has 4 nitrogen and oxygen atoms in total. The van der Waals surface area contributed by atoms with Crippen LogP contribution in [0.15, 0.2) is 34.2 Å². The van der Waals surface area contributed by atoms with Crippen LogP contribution in [-0.4, -0.2) is 16.1 Å². The summed E-state index contributed by atoms with van der Waals surface area (Å²) in [7, 11) is 0. The zero-order chi connectivity index (χ0) is 12.3. The summed E-state index contributed by atoms with van der Waals surface area (Å²) < 4.78 is 6.23. The Kier molecular flexibility index (Phi) is 3.75. The zero-order valence-electron chi connectivity index (χ0n) is 8.59. The van der Waals surface area contributed by atoms with E-state index in [-0.39, 0.29) is 6.42 Å². The van der Waals surface area contributed by atoms with E-state index in [9.17, 15) is 4.79 Å². The van der Waals surface area contributed by atoms with Crippen LogP contribution in [-0.2, 0) is 11.2 Å². The molecule has 1 heterocycles. The molecule has 0 aliphatic rings. The van der Waals surface area contributed by atoms with Gasteiger partial charge in [0.2, 0.25) is 0 Å². The minimum atomic E-state index is -0.845. The molecule has 2 rings (SSSR count). The lowest BCUT2D eigenvalue weighted by molar-refractivity contribution is -0.136. The molecule has 0 bridgehead atoms. The van der Waals surface area contributed by atoms with E-state index in [0.717, 1.165) is 10.2 Å². The largest absolute Gasteiger partial charge is 0.481 e. The molecule has 1 aromatic carbocycles. The van der Waals surface area contributed by atoms with Crippen LogP contribution in [0.3, 0.4) is 0 Å². The number of carbonyl (C=O) groups is 1. The van der Waals surface area contributed by atoms with E-state index in [0.29, 0.717) is 10.9 Å². The molecule has 1 aromatic heterocycles. The predicted octanol–water partition coefficient (Wildman–Crippen LogP) is 3.33. The average Bonchev–Trinajstić information content (AvgIpc) is 2.66. The van der Waals surface area contributed by atoms with Gasteiger partial charge in [0.1, 0.15) is 10.4 Å². The van der Waals surface area contributed by atoms with Crippen LogP contribution in [0.2, 0.25) is 0 Å². The first kappa shape index (κ1) is 12.1. The average molecular weight is 314 g/mol. The second kappa shape index (κ2) is 5.29. The number of rotatable bonds is 4. The molecule has 0 aliphatic carbocycles. The molecule has 0 saturated heterocycles. The molecule has 0 spiro atoms. The van der Waals surface area contributed by atoms with Gasteiger partial charge in [-0.3, -0.25) is 4.79 Å². The summed E-state index contributed by atoms with van der Waals surface area (Å²) in [6, 6.07) is 6.92. The topological polar surface area (TPSA) is 59.4 Å². The number of thiazole rings is 1. The molecule has 0 saturated carbocycles. The van der Waals surface area contributed by atoms with E-state index in [1.54, 1.807) is 24.3 Å². The molecule has 0 radical (unpaired) electrons. The first-order chi connectivity index (χ1) is 8.13. The van der Waals surface area contributed by atoms with Gasteiger partial charge in [0.25, 0.3) is 5.19 Å². The summed E-state index contributed by atoms with van der Waals surface area (Å²) in [4.78, 5) is 14.6. The Morgan fingerprint density at radius 2 is 2.12 bits per heavy atom. The molecule has 0 fully saturated rings. The lowest BCUT2D eigenvalue weighted by atomic mass is 10.1. The van der Waals surface area contributed by atoms with Crippen LogP contribution < -0.4 is 4.74 Å². The van der Waals surface area contributed by atoms with Crippen molar-refractivity contribution in [2.75, 3.05) is 0 Å². The van der Waals surface area contributed by atoms with Crippen LogP contribution in [0.1, 0.15) is 5.56 Å². The van der Waals surface area contributed by atoms with E-state index >= 15 is 0 Å². The van der Waals surface area contributed by atoms with Crippen LogP contribution >= 0.6 is 27.3 Å². The molecular formula is C11H8BrNO3S. The first-order valence-electron chi connectivity index (χ1n) is 4.73. The van der Waals surface area contributed by atoms with Crippen LogP contribution in [0.25, 0.3) is 0 Å². The zero-order valence-corrected chi connectivity index (χ0v) is 11.0. The van der Waals surface area contributed by atoms with Crippen LogP contribution in [0.4, 0.5) is 0 Å². The normalized spacial score (nSPS) is 10.2. The fourth-order valence-corrected chi connectivity index (χ4v) is 2.34. The summed E-state index contributed by atoms with van der Waals surface area (Å²) in [6.45, 7) is 0. The minimum absolute atomic E-state index is 0.0169. The molecule has 88 valence electrons. The second-order valence-corrected chi connectivity index (χ2v) is 4.89. The van der Waals surface area contributed by atoms with Gasteiger partial charge in [0, 0.05) is 5.38 Å². The maximum Gasteiger partial charge on any atom is 0.307 e. The van der Waals surface area contributed by atoms with Crippen molar-refractivity contribution in [1.29, 1.82) is 0 Å². The number of benzene rings is 1. The summed E-state index contributed by atoms with van der Waals surface area (Å²) in [5.41, 5.74) is 0.741. The van der Waals surface area contributed by atoms with E-state index in [1.807, 2.05) is 5.38 Å². The summed E-state index contributed by atoms with van der Waals surface area (Å²) in [5, 5.41) is 11.0. The third-order valence-electron chi connectivity index (χ3n) is 1.94. The number of aromatic nitrogens is 1. The van der Waals surface area contributed by atoms with Crippen LogP contribution in [0.5, 0.6) is 10.9 Å². The lowest BCUT2D eigenvalue weighted by Crippen LogP contribution is -1.99. The third-order valence-corrected chi connectivity index (χ3v) is 3.37. The van der Waals surface area contributed by atoms with Crippen molar-refractivity contribution in [1.82, 2.24) is 4.98 Å². The smallest absolute Gasteiger partial charge is 0.307 e. The first-order valence-corrected chi connectivity index (χ1v) is 6.40. The maximum absolute atomic E-state index is 10.5. The Labute approximate surface area is 110 Å². The summed E-state index contributed by atoms with van der Waals surface area (Å²) in [6.07, 6.45) is 0.0169. The van der Waals surface area contributed by atoms with Gasteiger partial charge in [-0.25, -0.2) is 0 Å². The van der Waals surface area contributed by atoms with E-state index in [4.69, 9.17) is 9.84 Å². The molecule has 0 amide bonds. The number of carboxylic acid groups (broad SMARTS) is 1. The van der Waals surface area contributed by atoms with Crippen molar-refractivity contribution in [3.63, 3.8) is 0 Å². The summed E-state index contributed by atoms with van der Waals surface area (Å²) >= 11 is 4.62. The van der Waals surface area contributed by atoms with Gasteiger partial charge in [-0.05, 0) is 33.6 Å². The van der Waals surface area contributed by atoms with Gasteiger partial charge in [-0.2, -0.15) is 4.98 Å². The molecule has 0 aliphatic heterocycles. The summed E-state index contributed by atoms with van der Waals surface area (Å²) in [5.74, 6) is -0.205. The highest BCUT2D eigenvalue weighted by atomic mass is 79.9. The number of carboxylic acids is 1. The van der Waals surface area contributed by atoms with Gasteiger partial charge in [0.05, 0.1) is 6.42 Å². The molecule has 1 N–H and O–H groups in total. The highest BCUT2D eigenvalue weighted by Gasteiger charge is 2.04. The van der Waals surface area contributed by atoms with E-state index in [1.165, 1.54) is 11.3 Å². The Morgan fingerprint density at radius 3 is 2.65 bits per heavy atom. The van der Waals surface area contributed by atoms with Crippen molar-refractivity contribution in [3.8, 4) is 10.9 Å². The maximum atomic E-state index is 10.5. The number of hydrogen-bond donors (Lipinski definition) is 1. The number of aliphatic carboxylic acids is 1. The molecule has 0 unspecified atom stereocenters. The quantitative estimate of drug-likeness (QED) is 0.940. The Bertz CT molecular complexity index is 524. The molecule has 0 atom stereocenters. The molecule has 2 aromatic rings. The molecule has 6 heteroatoms. The molecule has 17 heavy (non-hydrogen) atoms. The predicted molar refractivity (Wildman–Crippen MR) is 67.7 cm³/mol. The fourth-order valence-electron chi connectivity index (χ4n) is 1.24. The lowest BCUT2D eigenvalue weighted by Gasteiger charge is -2.02. The Morgan fingerprint density at radius 1 is 1.41 bits per heavy atom. The van der Waals surface area contributed by atoms with Gasteiger partial charge < -0.3 is 9.84 Å². The standard InChI is InChI=1S/C11H8BrNO3S/c12-9-6-17-11(13-9)16-8-3-1-7(2-4-8)5-10(14)15/h1-4,6H,5H2,(H,14,15). The number of hydrogen-bond acceptors (Lipinski definition) is 4. The SMILES string of the molecule is O=C(O)Cc1ccc(Oc2nc(Br)cs2)cc1. The number of nitrogens with zero attached hydrogens (tertiary/aromatic N) is 1. The Balaban J connectivity index is 2.05. The highest BCUT2D eigenvalue weighted by molar-refractivity contribution is 9.10. The number of halogens is 1. The Hall–Kier alpha value is -1.40. The van der Waals surface area contributed by atoms with Gasteiger partial charge >= 0.3 is 5.97 Å². The van der Waals surface area contributed by atoms with Crippen LogP contribution in [0, 0.1) is 0 Å². The van der Waals surface area contributed by atoms with Crippen molar-refractivity contribution >= 4 is 33.2 Å². The van der Waals surface area contributed by atoms with Gasteiger partial charge in [-0.1, -0.05) is 23.5 Å². The highest BCUT2D eigenvalue weighted by Crippen LogP contribution is 2.27. The monoisotopic (exact) mass is 313 g/mol. The van der Waals surface area contributed by atoms with Crippen molar-refractivity contribution in [2.24, 2.45) is 0 Å². The van der Waals surface area contributed by atoms with E-state index < -0.39 is 5.97 Å². The van der Waals surface area contributed by atoms with Crippen molar-refractivity contribution in [3.05, 3.63) is 39.8 Å². The van der Waals surface area contributed by atoms with Crippen molar-refractivity contribution in [2.45, 2.75) is 6.42 Å². The second-order valence-electron chi connectivity index (χ2n) is 3.25. The van der Waals surface area contributed by atoms with Gasteiger partial charge in [0.15, 0.2) is 0 Å². The van der Waals surface area contributed by atoms with Gasteiger partial charge in [-0.15, -0.1) is 0 Å². The molecular weight excluding hydrogens is 306 g/mol. The van der Waals surface area contributed by atoms with E-state index in [2.05, 4.69) is 20.9 Å². The minimum Gasteiger partial charge on any atom is -0.481 e. The fraction of sp³-hybridized carbons (Fsp3) is 0.0909. The van der Waals surface area contributed by atoms with Crippen molar-refractivity contribution < 1.29 is 14.6 Å². The number of ether oxygens (including phenoxy) is 1.